The molecular formula is C13H17BrN4S2. The molecular weight excluding hydrogens is 356 g/mol. The SMILES string of the molecule is CCNCc1cc(Br)ccc1Sc1nnc(N(C)C)s1. The third kappa shape index (κ3) is 4.18. The zero-order chi connectivity index (χ0) is 14.5. The van der Waals surface area contributed by atoms with Gasteiger partial charge in [-0.2, -0.15) is 0 Å². The molecule has 0 bridgehead atoms. The van der Waals surface area contributed by atoms with E-state index in [0.29, 0.717) is 0 Å². The maximum absolute atomic E-state index is 4.23. The molecule has 0 amide bonds. The molecule has 20 heavy (non-hydrogen) atoms. The number of nitrogens with zero attached hydrogens (tertiary/aromatic N) is 3. The van der Waals surface area contributed by atoms with Crippen LogP contribution in [0.5, 0.6) is 0 Å². The Morgan fingerprint density at radius 1 is 1.35 bits per heavy atom. The van der Waals surface area contributed by atoms with Gasteiger partial charge < -0.3 is 10.2 Å². The summed E-state index contributed by atoms with van der Waals surface area (Å²) in [7, 11) is 3.95. The fourth-order valence-electron chi connectivity index (χ4n) is 1.56. The van der Waals surface area contributed by atoms with Crippen molar-refractivity contribution < 1.29 is 0 Å². The Hall–Kier alpha value is -0.630. The molecule has 0 aliphatic carbocycles. The molecule has 0 aliphatic rings. The van der Waals surface area contributed by atoms with Gasteiger partial charge in [0.15, 0.2) is 4.34 Å². The number of benzene rings is 1. The van der Waals surface area contributed by atoms with Gasteiger partial charge in [-0.3, -0.25) is 0 Å². The van der Waals surface area contributed by atoms with E-state index in [9.17, 15) is 0 Å². The fourth-order valence-corrected chi connectivity index (χ4v) is 3.80. The topological polar surface area (TPSA) is 41.1 Å². The number of nitrogens with one attached hydrogen (secondary N) is 1. The summed E-state index contributed by atoms with van der Waals surface area (Å²) >= 11 is 6.80. The molecule has 0 saturated carbocycles. The summed E-state index contributed by atoms with van der Waals surface area (Å²) in [6, 6.07) is 6.34. The van der Waals surface area contributed by atoms with Crippen molar-refractivity contribution in [2.75, 3.05) is 25.5 Å². The third-order valence-corrected chi connectivity index (χ3v) is 5.32. The van der Waals surface area contributed by atoms with Crippen molar-refractivity contribution in [2.24, 2.45) is 0 Å². The molecule has 2 aromatic rings. The van der Waals surface area contributed by atoms with Gasteiger partial charge in [-0.15, -0.1) is 10.2 Å². The predicted octanol–water partition coefficient (Wildman–Crippen LogP) is 3.63. The Kier molecular flexibility index (Phi) is 5.83. The van der Waals surface area contributed by atoms with E-state index in [0.717, 1.165) is 27.0 Å². The standard InChI is InChI=1S/C13H17BrN4S2/c1-4-15-8-9-7-10(14)5-6-11(9)19-13-17-16-12(20-13)18(2)3/h5-7,15H,4,8H2,1-3H3. The summed E-state index contributed by atoms with van der Waals surface area (Å²) in [5, 5.41) is 12.7. The lowest BCUT2D eigenvalue weighted by atomic mass is 10.2. The predicted molar refractivity (Wildman–Crippen MR) is 89.9 cm³/mol. The average Bonchev–Trinajstić information content (AvgIpc) is 2.88. The van der Waals surface area contributed by atoms with Crippen LogP contribution in [0.4, 0.5) is 5.13 Å². The van der Waals surface area contributed by atoms with Gasteiger partial charge in [-0.25, -0.2) is 0 Å². The Bertz CT molecular complexity index is 571. The first kappa shape index (κ1) is 15.8. The van der Waals surface area contributed by atoms with E-state index in [1.807, 2.05) is 19.0 Å². The van der Waals surface area contributed by atoms with Crippen LogP contribution in [0.1, 0.15) is 12.5 Å². The minimum absolute atomic E-state index is 0.859. The monoisotopic (exact) mass is 372 g/mol. The van der Waals surface area contributed by atoms with Crippen LogP contribution in [0.3, 0.4) is 0 Å². The first-order valence-electron chi connectivity index (χ1n) is 6.28. The van der Waals surface area contributed by atoms with Crippen LogP contribution in [-0.4, -0.2) is 30.8 Å². The van der Waals surface area contributed by atoms with E-state index in [1.165, 1.54) is 10.5 Å². The van der Waals surface area contributed by atoms with E-state index < -0.39 is 0 Å². The molecule has 0 unspecified atom stereocenters. The number of anilines is 1. The largest absolute Gasteiger partial charge is 0.353 e. The molecule has 7 heteroatoms. The van der Waals surface area contributed by atoms with E-state index in [4.69, 9.17) is 0 Å². The van der Waals surface area contributed by atoms with Crippen LogP contribution in [0.2, 0.25) is 0 Å². The van der Waals surface area contributed by atoms with Gasteiger partial charge in [-0.1, -0.05) is 46.0 Å². The van der Waals surface area contributed by atoms with Crippen molar-refractivity contribution in [1.82, 2.24) is 15.5 Å². The molecule has 2 rings (SSSR count). The van der Waals surface area contributed by atoms with Gasteiger partial charge in [0.25, 0.3) is 0 Å². The first-order chi connectivity index (χ1) is 9.60. The highest BCUT2D eigenvalue weighted by Crippen LogP contribution is 2.35. The Morgan fingerprint density at radius 2 is 2.15 bits per heavy atom. The summed E-state index contributed by atoms with van der Waals surface area (Å²) in [5.74, 6) is 0. The third-order valence-electron chi connectivity index (χ3n) is 2.56. The normalized spacial score (nSPS) is 10.8. The van der Waals surface area contributed by atoms with Crippen molar-refractivity contribution in [3.63, 3.8) is 0 Å². The molecule has 0 aliphatic heterocycles. The quantitative estimate of drug-likeness (QED) is 0.838. The van der Waals surface area contributed by atoms with Crippen LogP contribution in [-0.2, 0) is 6.54 Å². The highest BCUT2D eigenvalue weighted by Gasteiger charge is 2.10. The van der Waals surface area contributed by atoms with Gasteiger partial charge >= 0.3 is 0 Å². The summed E-state index contributed by atoms with van der Waals surface area (Å²) in [6.07, 6.45) is 0. The second-order valence-electron chi connectivity index (χ2n) is 4.38. The molecule has 1 aromatic carbocycles. The molecule has 0 saturated heterocycles. The van der Waals surface area contributed by atoms with Gasteiger partial charge in [0.1, 0.15) is 0 Å². The van der Waals surface area contributed by atoms with Crippen LogP contribution < -0.4 is 10.2 Å². The zero-order valence-corrected chi connectivity index (χ0v) is 14.9. The molecule has 1 N–H and O–H groups in total. The molecule has 0 fully saturated rings. The summed E-state index contributed by atoms with van der Waals surface area (Å²) < 4.78 is 2.06. The van der Waals surface area contributed by atoms with Crippen molar-refractivity contribution >= 4 is 44.2 Å². The molecule has 0 atom stereocenters. The molecule has 0 spiro atoms. The Morgan fingerprint density at radius 3 is 2.80 bits per heavy atom. The number of aromatic nitrogens is 2. The Labute approximate surface area is 136 Å². The second-order valence-corrected chi connectivity index (χ2v) is 7.54. The minimum Gasteiger partial charge on any atom is -0.353 e. The van der Waals surface area contributed by atoms with Crippen LogP contribution in [0.25, 0.3) is 0 Å². The van der Waals surface area contributed by atoms with Gasteiger partial charge in [0.2, 0.25) is 5.13 Å². The number of halogens is 1. The minimum atomic E-state index is 0.859. The van der Waals surface area contributed by atoms with Crippen molar-refractivity contribution in [3.05, 3.63) is 28.2 Å². The molecule has 1 aromatic heterocycles. The van der Waals surface area contributed by atoms with Crippen LogP contribution in [0, 0.1) is 0 Å². The van der Waals surface area contributed by atoms with E-state index in [-0.39, 0.29) is 0 Å². The maximum atomic E-state index is 4.23. The zero-order valence-electron chi connectivity index (χ0n) is 11.7. The van der Waals surface area contributed by atoms with Crippen molar-refractivity contribution in [3.8, 4) is 0 Å². The van der Waals surface area contributed by atoms with Gasteiger partial charge in [0, 0.05) is 30.0 Å². The molecule has 0 radical (unpaired) electrons. The maximum Gasteiger partial charge on any atom is 0.208 e. The number of hydrogen-bond acceptors (Lipinski definition) is 6. The summed E-state index contributed by atoms with van der Waals surface area (Å²) in [5.41, 5.74) is 1.27. The summed E-state index contributed by atoms with van der Waals surface area (Å²) in [4.78, 5) is 3.19. The van der Waals surface area contributed by atoms with Gasteiger partial charge in [-0.05, 0) is 30.3 Å². The van der Waals surface area contributed by atoms with Crippen LogP contribution in [0.15, 0.2) is 31.9 Å². The first-order valence-corrected chi connectivity index (χ1v) is 8.70. The second kappa shape index (κ2) is 7.40. The van der Waals surface area contributed by atoms with E-state index in [2.05, 4.69) is 56.6 Å². The highest BCUT2D eigenvalue weighted by molar-refractivity contribution is 9.10. The Balaban J connectivity index is 2.18. The van der Waals surface area contributed by atoms with Gasteiger partial charge in [0.05, 0.1) is 0 Å². The lowest BCUT2D eigenvalue weighted by molar-refractivity contribution is 0.717. The van der Waals surface area contributed by atoms with Crippen molar-refractivity contribution in [2.45, 2.75) is 22.7 Å². The van der Waals surface area contributed by atoms with E-state index in [1.54, 1.807) is 23.1 Å². The number of rotatable bonds is 6. The average molecular weight is 373 g/mol. The number of hydrogen-bond donors (Lipinski definition) is 1. The lowest BCUT2D eigenvalue weighted by Gasteiger charge is -2.09. The molecule has 1 heterocycles. The van der Waals surface area contributed by atoms with Crippen LogP contribution >= 0.6 is 39.0 Å². The lowest BCUT2D eigenvalue weighted by Crippen LogP contribution is -2.12. The molecule has 4 nitrogen and oxygen atoms in total. The van der Waals surface area contributed by atoms with E-state index >= 15 is 0 Å². The smallest absolute Gasteiger partial charge is 0.208 e. The van der Waals surface area contributed by atoms with Crippen molar-refractivity contribution in [1.29, 1.82) is 0 Å². The molecule has 108 valence electrons. The fraction of sp³-hybridized carbons (Fsp3) is 0.385. The highest BCUT2D eigenvalue weighted by atomic mass is 79.9. The summed E-state index contributed by atoms with van der Waals surface area (Å²) in [6.45, 7) is 3.93.